The van der Waals surface area contributed by atoms with Crippen molar-refractivity contribution in [3.05, 3.63) is 65.8 Å². The Morgan fingerprint density at radius 1 is 1.06 bits per heavy atom. The summed E-state index contributed by atoms with van der Waals surface area (Å²) >= 11 is 6.29. The molecule has 0 aliphatic carbocycles. The SMILES string of the molecule is CCOC(=O)COc1ccc(-c2cc(-c3cccc(Cl)c3)c3cnc(NC)nc3c2OC)cc1. The van der Waals surface area contributed by atoms with E-state index in [0.717, 1.165) is 27.6 Å². The van der Waals surface area contributed by atoms with Gasteiger partial charge in [0.15, 0.2) is 12.4 Å². The summed E-state index contributed by atoms with van der Waals surface area (Å²) in [7, 11) is 3.39. The van der Waals surface area contributed by atoms with Gasteiger partial charge in [0.1, 0.15) is 11.3 Å². The Morgan fingerprint density at radius 2 is 1.85 bits per heavy atom. The van der Waals surface area contributed by atoms with Gasteiger partial charge in [0, 0.05) is 29.2 Å². The van der Waals surface area contributed by atoms with Gasteiger partial charge in [-0.15, -0.1) is 0 Å². The van der Waals surface area contributed by atoms with Crippen molar-refractivity contribution in [3.8, 4) is 33.8 Å². The minimum absolute atomic E-state index is 0.144. The molecular weight excluding hydrogens is 454 g/mol. The molecule has 1 N–H and O–H groups in total. The quantitative estimate of drug-likeness (QED) is 0.330. The van der Waals surface area contributed by atoms with Gasteiger partial charge in [-0.3, -0.25) is 0 Å². The summed E-state index contributed by atoms with van der Waals surface area (Å²) in [6, 6.07) is 17.1. The number of ether oxygens (including phenoxy) is 3. The number of hydrogen-bond acceptors (Lipinski definition) is 7. The summed E-state index contributed by atoms with van der Waals surface area (Å²) in [5.41, 5.74) is 4.30. The first kappa shape index (κ1) is 23.3. The summed E-state index contributed by atoms with van der Waals surface area (Å²) < 4.78 is 16.3. The van der Waals surface area contributed by atoms with Crippen LogP contribution in [0.3, 0.4) is 0 Å². The van der Waals surface area contributed by atoms with E-state index >= 15 is 0 Å². The highest BCUT2D eigenvalue weighted by Crippen LogP contribution is 2.42. The first-order valence-electron chi connectivity index (χ1n) is 10.7. The van der Waals surface area contributed by atoms with Crippen molar-refractivity contribution >= 4 is 34.4 Å². The van der Waals surface area contributed by atoms with Crippen LogP contribution in [0, 0.1) is 0 Å². The van der Waals surface area contributed by atoms with E-state index in [2.05, 4.69) is 15.3 Å². The number of esters is 1. The molecular formula is C26H24ClN3O4. The molecule has 0 aliphatic heterocycles. The van der Waals surface area contributed by atoms with Crippen molar-refractivity contribution in [2.45, 2.75) is 6.92 Å². The van der Waals surface area contributed by atoms with Gasteiger partial charge in [-0.2, -0.15) is 0 Å². The molecule has 174 valence electrons. The van der Waals surface area contributed by atoms with E-state index in [0.29, 0.717) is 34.6 Å². The molecule has 8 heteroatoms. The number of aromatic nitrogens is 2. The maximum Gasteiger partial charge on any atom is 0.344 e. The summed E-state index contributed by atoms with van der Waals surface area (Å²) in [4.78, 5) is 20.7. The van der Waals surface area contributed by atoms with E-state index in [1.807, 2.05) is 42.5 Å². The molecule has 0 amide bonds. The fourth-order valence-corrected chi connectivity index (χ4v) is 3.87. The number of carbonyl (C=O) groups excluding carboxylic acids is 1. The number of fused-ring (bicyclic) bond motifs is 1. The number of methoxy groups -OCH3 is 1. The van der Waals surface area contributed by atoms with Crippen molar-refractivity contribution in [1.29, 1.82) is 0 Å². The molecule has 4 aromatic rings. The summed E-state index contributed by atoms with van der Waals surface area (Å²) in [6.45, 7) is 1.93. The number of nitrogens with one attached hydrogen (secondary N) is 1. The van der Waals surface area contributed by atoms with Gasteiger partial charge in [-0.25, -0.2) is 14.8 Å². The van der Waals surface area contributed by atoms with Gasteiger partial charge in [0.05, 0.1) is 13.7 Å². The highest BCUT2D eigenvalue weighted by molar-refractivity contribution is 6.31. The normalized spacial score (nSPS) is 10.7. The Hall–Kier alpha value is -3.84. The van der Waals surface area contributed by atoms with Gasteiger partial charge < -0.3 is 19.5 Å². The van der Waals surface area contributed by atoms with Crippen molar-refractivity contribution in [1.82, 2.24) is 9.97 Å². The molecule has 0 aliphatic rings. The van der Waals surface area contributed by atoms with E-state index in [1.54, 1.807) is 39.4 Å². The number of carbonyl (C=O) groups is 1. The standard InChI is InChI=1S/C26H24ClN3O4/c1-4-33-23(31)15-34-19-10-8-16(9-11-19)21-13-20(17-6-5-7-18(27)12-17)22-14-29-26(28-2)30-24(22)25(21)32-3/h5-14H,4,15H2,1-3H3,(H,28,29,30). The lowest BCUT2D eigenvalue weighted by molar-refractivity contribution is -0.145. The highest BCUT2D eigenvalue weighted by atomic mass is 35.5. The fraction of sp³-hybridized carbons (Fsp3) is 0.192. The molecule has 0 spiro atoms. The minimum atomic E-state index is -0.408. The Balaban J connectivity index is 1.82. The second-order valence-corrected chi connectivity index (χ2v) is 7.78. The molecule has 1 heterocycles. The predicted octanol–water partition coefficient (Wildman–Crippen LogP) is 5.61. The van der Waals surface area contributed by atoms with E-state index in [4.69, 9.17) is 25.8 Å². The Morgan fingerprint density at radius 3 is 2.53 bits per heavy atom. The molecule has 0 bridgehead atoms. The lowest BCUT2D eigenvalue weighted by Gasteiger charge is -2.16. The van der Waals surface area contributed by atoms with Crippen LogP contribution in [0.15, 0.2) is 60.8 Å². The Bertz CT molecular complexity index is 1330. The van der Waals surface area contributed by atoms with Crippen LogP contribution in [0.25, 0.3) is 33.2 Å². The number of benzene rings is 3. The monoisotopic (exact) mass is 477 g/mol. The highest BCUT2D eigenvalue weighted by Gasteiger charge is 2.18. The molecule has 0 radical (unpaired) electrons. The van der Waals surface area contributed by atoms with Crippen LogP contribution in [0.4, 0.5) is 5.95 Å². The first-order valence-corrected chi connectivity index (χ1v) is 11.1. The summed E-state index contributed by atoms with van der Waals surface area (Å²) in [6.07, 6.45) is 1.78. The lowest BCUT2D eigenvalue weighted by atomic mass is 9.94. The third-order valence-corrected chi connectivity index (χ3v) is 5.45. The average molecular weight is 478 g/mol. The second kappa shape index (κ2) is 10.4. The van der Waals surface area contributed by atoms with Crippen molar-refractivity contribution in [2.75, 3.05) is 32.7 Å². The minimum Gasteiger partial charge on any atom is -0.494 e. The number of rotatable bonds is 8. The van der Waals surface area contributed by atoms with Gasteiger partial charge in [-0.05, 0) is 53.9 Å². The molecule has 1 aromatic heterocycles. The Kier molecular flexibility index (Phi) is 7.13. The first-order chi connectivity index (χ1) is 16.5. The van der Waals surface area contributed by atoms with E-state index in [9.17, 15) is 4.79 Å². The molecule has 0 saturated carbocycles. The van der Waals surface area contributed by atoms with Gasteiger partial charge in [0.25, 0.3) is 0 Å². The molecule has 7 nitrogen and oxygen atoms in total. The average Bonchev–Trinajstić information content (AvgIpc) is 2.86. The summed E-state index contributed by atoms with van der Waals surface area (Å²) in [5, 5.41) is 4.47. The van der Waals surface area contributed by atoms with Crippen LogP contribution >= 0.6 is 11.6 Å². The van der Waals surface area contributed by atoms with Crippen LogP contribution in [0.1, 0.15) is 6.92 Å². The predicted molar refractivity (Wildman–Crippen MR) is 134 cm³/mol. The zero-order chi connectivity index (χ0) is 24.1. The van der Waals surface area contributed by atoms with Crippen molar-refractivity contribution in [2.24, 2.45) is 0 Å². The molecule has 0 saturated heterocycles. The number of anilines is 1. The molecule has 3 aromatic carbocycles. The van der Waals surface area contributed by atoms with Crippen LogP contribution in [-0.2, 0) is 9.53 Å². The van der Waals surface area contributed by atoms with E-state index < -0.39 is 5.97 Å². The zero-order valence-electron chi connectivity index (χ0n) is 19.1. The summed E-state index contributed by atoms with van der Waals surface area (Å²) in [5.74, 6) is 1.27. The van der Waals surface area contributed by atoms with Crippen molar-refractivity contribution < 1.29 is 19.0 Å². The fourth-order valence-electron chi connectivity index (χ4n) is 3.68. The van der Waals surface area contributed by atoms with Gasteiger partial charge in [0.2, 0.25) is 5.95 Å². The third kappa shape index (κ3) is 4.89. The smallest absolute Gasteiger partial charge is 0.344 e. The molecule has 4 rings (SSSR count). The molecule has 34 heavy (non-hydrogen) atoms. The third-order valence-electron chi connectivity index (χ3n) is 5.22. The van der Waals surface area contributed by atoms with Crippen LogP contribution < -0.4 is 14.8 Å². The molecule has 0 unspecified atom stereocenters. The van der Waals surface area contributed by atoms with Crippen molar-refractivity contribution in [3.63, 3.8) is 0 Å². The molecule has 0 atom stereocenters. The van der Waals surface area contributed by atoms with Gasteiger partial charge in [-0.1, -0.05) is 35.9 Å². The van der Waals surface area contributed by atoms with E-state index in [1.165, 1.54) is 0 Å². The molecule has 0 fully saturated rings. The van der Waals surface area contributed by atoms with E-state index in [-0.39, 0.29) is 6.61 Å². The second-order valence-electron chi connectivity index (χ2n) is 7.34. The number of halogens is 1. The largest absolute Gasteiger partial charge is 0.494 e. The maximum atomic E-state index is 11.6. The zero-order valence-corrected chi connectivity index (χ0v) is 19.8. The van der Waals surface area contributed by atoms with Crippen LogP contribution in [0.2, 0.25) is 5.02 Å². The lowest BCUT2D eigenvalue weighted by Crippen LogP contribution is -2.14. The number of nitrogens with zero attached hydrogens (tertiary/aromatic N) is 2. The van der Waals surface area contributed by atoms with Crippen LogP contribution in [0.5, 0.6) is 11.5 Å². The maximum absolute atomic E-state index is 11.6. The topological polar surface area (TPSA) is 82.6 Å². The van der Waals surface area contributed by atoms with Crippen LogP contribution in [-0.4, -0.2) is 43.3 Å². The number of hydrogen-bond donors (Lipinski definition) is 1. The van der Waals surface area contributed by atoms with Gasteiger partial charge >= 0.3 is 5.97 Å². The Labute approximate surface area is 202 Å².